The van der Waals surface area contributed by atoms with E-state index in [1.54, 1.807) is 13.3 Å². The molecule has 0 amide bonds. The highest BCUT2D eigenvalue weighted by molar-refractivity contribution is 5.86. The Labute approximate surface area is 124 Å². The first-order valence-corrected chi connectivity index (χ1v) is 7.07. The summed E-state index contributed by atoms with van der Waals surface area (Å²) in [6.07, 6.45) is 2.64. The normalized spacial score (nSPS) is 11.3. The van der Waals surface area contributed by atoms with Gasteiger partial charge in [0.05, 0.1) is 24.4 Å². The monoisotopic (exact) mass is 290 g/mol. The van der Waals surface area contributed by atoms with Crippen molar-refractivity contribution in [1.82, 2.24) is 19.6 Å². The van der Waals surface area contributed by atoms with Gasteiger partial charge in [0.25, 0.3) is 0 Å². The molecular formula is C15H22N4O2. The molecule has 0 aliphatic heterocycles. The highest BCUT2D eigenvalue weighted by Crippen LogP contribution is 2.28. The van der Waals surface area contributed by atoms with Crippen LogP contribution in [0.25, 0.3) is 11.3 Å². The van der Waals surface area contributed by atoms with Crippen molar-refractivity contribution in [2.45, 2.75) is 40.3 Å². The summed E-state index contributed by atoms with van der Waals surface area (Å²) in [5, 5.41) is 9.09. The van der Waals surface area contributed by atoms with E-state index in [-0.39, 0.29) is 6.04 Å². The zero-order valence-electron chi connectivity index (χ0n) is 13.3. The van der Waals surface area contributed by atoms with Crippen molar-refractivity contribution in [2.75, 3.05) is 13.7 Å². The Morgan fingerprint density at radius 1 is 1.33 bits per heavy atom. The van der Waals surface area contributed by atoms with Gasteiger partial charge in [-0.25, -0.2) is 0 Å². The van der Waals surface area contributed by atoms with Crippen LogP contribution in [0.5, 0.6) is 0 Å². The van der Waals surface area contributed by atoms with Gasteiger partial charge < -0.3 is 4.74 Å². The zero-order chi connectivity index (χ0) is 15.6. The van der Waals surface area contributed by atoms with Gasteiger partial charge in [-0.05, 0) is 27.7 Å². The summed E-state index contributed by atoms with van der Waals surface area (Å²) < 4.78 is 8.81. The summed E-state index contributed by atoms with van der Waals surface area (Å²) in [5.41, 5.74) is 4.12. The quantitative estimate of drug-likeness (QED) is 0.766. The lowest BCUT2D eigenvalue weighted by Gasteiger charge is -2.05. The molecule has 2 aromatic rings. The molecule has 0 spiro atoms. The highest BCUT2D eigenvalue weighted by atomic mass is 16.5. The Bertz CT molecular complexity index is 640. The molecule has 0 radical (unpaired) electrons. The van der Waals surface area contributed by atoms with Crippen molar-refractivity contribution in [3.8, 4) is 11.3 Å². The van der Waals surface area contributed by atoms with Gasteiger partial charge in [0.2, 0.25) is 0 Å². The number of methoxy groups -OCH3 is 1. The number of aromatic nitrogens is 4. The van der Waals surface area contributed by atoms with Gasteiger partial charge in [-0.1, -0.05) is 0 Å². The largest absolute Gasteiger partial charge is 0.383 e. The van der Waals surface area contributed by atoms with Crippen LogP contribution in [-0.4, -0.2) is 39.6 Å². The van der Waals surface area contributed by atoms with Crippen molar-refractivity contribution in [3.63, 3.8) is 0 Å². The Kier molecular flexibility index (Phi) is 4.57. The predicted octanol–water partition coefficient (Wildman–Crippen LogP) is 2.40. The Morgan fingerprint density at radius 2 is 2.05 bits per heavy atom. The average Bonchev–Trinajstić information content (AvgIpc) is 2.98. The standard InChI is InChI=1S/C15H22N4O2/c1-10(2)19-8-13(9-20)15(17-19)14-11(3)16-18(12(14)4)6-7-21-5/h8-10H,6-7H2,1-5H3. The van der Waals surface area contributed by atoms with E-state index in [9.17, 15) is 4.79 Å². The van der Waals surface area contributed by atoms with Crippen LogP contribution >= 0.6 is 0 Å². The fourth-order valence-corrected chi connectivity index (χ4v) is 2.39. The third-order valence-corrected chi connectivity index (χ3v) is 3.54. The van der Waals surface area contributed by atoms with E-state index in [2.05, 4.69) is 10.2 Å². The van der Waals surface area contributed by atoms with Crippen molar-refractivity contribution in [2.24, 2.45) is 0 Å². The minimum atomic E-state index is 0.210. The maximum atomic E-state index is 11.3. The average molecular weight is 290 g/mol. The second-order valence-electron chi connectivity index (χ2n) is 5.39. The zero-order valence-corrected chi connectivity index (χ0v) is 13.3. The summed E-state index contributed by atoms with van der Waals surface area (Å²) in [4.78, 5) is 11.3. The summed E-state index contributed by atoms with van der Waals surface area (Å²) in [6, 6.07) is 0.210. The molecule has 0 unspecified atom stereocenters. The van der Waals surface area contributed by atoms with Crippen LogP contribution in [0.2, 0.25) is 0 Å². The van der Waals surface area contributed by atoms with Crippen LogP contribution in [0.4, 0.5) is 0 Å². The van der Waals surface area contributed by atoms with Gasteiger partial charge >= 0.3 is 0 Å². The van der Waals surface area contributed by atoms with Crippen molar-refractivity contribution in [1.29, 1.82) is 0 Å². The summed E-state index contributed by atoms with van der Waals surface area (Å²) >= 11 is 0. The van der Waals surface area contributed by atoms with Gasteiger partial charge in [0, 0.05) is 30.6 Å². The Morgan fingerprint density at radius 3 is 2.62 bits per heavy atom. The van der Waals surface area contributed by atoms with E-state index in [0.717, 1.165) is 23.2 Å². The summed E-state index contributed by atoms with van der Waals surface area (Å²) in [5.74, 6) is 0. The van der Waals surface area contributed by atoms with E-state index in [4.69, 9.17) is 4.74 Å². The summed E-state index contributed by atoms with van der Waals surface area (Å²) in [6.45, 7) is 9.29. The molecule has 114 valence electrons. The van der Waals surface area contributed by atoms with E-state index in [1.807, 2.05) is 37.1 Å². The van der Waals surface area contributed by atoms with Crippen molar-refractivity contribution < 1.29 is 9.53 Å². The van der Waals surface area contributed by atoms with Crippen LogP contribution in [0.3, 0.4) is 0 Å². The molecule has 6 nitrogen and oxygen atoms in total. The number of carbonyl (C=O) groups is 1. The Balaban J connectivity index is 2.51. The van der Waals surface area contributed by atoms with Gasteiger partial charge in [0.1, 0.15) is 5.69 Å². The molecular weight excluding hydrogens is 268 g/mol. The topological polar surface area (TPSA) is 61.9 Å². The number of aryl methyl sites for hydroxylation is 1. The fourth-order valence-electron chi connectivity index (χ4n) is 2.39. The minimum absolute atomic E-state index is 0.210. The van der Waals surface area contributed by atoms with Gasteiger partial charge in [-0.2, -0.15) is 10.2 Å². The SMILES string of the molecule is COCCn1nc(C)c(-c2nn(C(C)C)cc2C=O)c1C. The molecule has 21 heavy (non-hydrogen) atoms. The maximum absolute atomic E-state index is 11.3. The molecule has 2 rings (SSSR count). The third kappa shape index (κ3) is 2.90. The molecule has 0 aliphatic carbocycles. The summed E-state index contributed by atoms with van der Waals surface area (Å²) in [7, 11) is 1.67. The lowest BCUT2D eigenvalue weighted by molar-refractivity contribution is 0.112. The molecule has 0 bridgehead atoms. The number of nitrogens with zero attached hydrogens (tertiary/aromatic N) is 4. The van der Waals surface area contributed by atoms with E-state index >= 15 is 0 Å². The van der Waals surface area contributed by atoms with Crippen LogP contribution in [-0.2, 0) is 11.3 Å². The van der Waals surface area contributed by atoms with Crippen molar-refractivity contribution in [3.05, 3.63) is 23.1 Å². The lowest BCUT2D eigenvalue weighted by atomic mass is 10.1. The molecule has 2 aromatic heterocycles. The number of ether oxygens (including phenoxy) is 1. The van der Waals surface area contributed by atoms with Gasteiger partial charge in [-0.3, -0.25) is 14.2 Å². The van der Waals surface area contributed by atoms with E-state index in [0.29, 0.717) is 24.4 Å². The minimum Gasteiger partial charge on any atom is -0.383 e. The number of hydrogen-bond acceptors (Lipinski definition) is 4. The molecule has 0 aliphatic rings. The molecule has 6 heteroatoms. The lowest BCUT2D eigenvalue weighted by Crippen LogP contribution is -2.07. The third-order valence-electron chi connectivity index (χ3n) is 3.54. The van der Waals surface area contributed by atoms with Crippen molar-refractivity contribution >= 4 is 6.29 Å². The van der Waals surface area contributed by atoms with Gasteiger partial charge in [-0.15, -0.1) is 0 Å². The molecule has 0 aromatic carbocycles. The molecule has 0 N–H and O–H groups in total. The first-order valence-electron chi connectivity index (χ1n) is 7.07. The molecule has 2 heterocycles. The number of carbonyl (C=O) groups excluding carboxylic acids is 1. The van der Waals surface area contributed by atoms with Crippen LogP contribution in [0.15, 0.2) is 6.20 Å². The molecule has 0 atom stereocenters. The first-order chi connectivity index (χ1) is 9.99. The van der Waals surface area contributed by atoms with Gasteiger partial charge in [0.15, 0.2) is 6.29 Å². The second-order valence-corrected chi connectivity index (χ2v) is 5.39. The number of aldehydes is 1. The molecule has 0 fully saturated rings. The molecule has 0 saturated carbocycles. The molecule has 0 saturated heterocycles. The first kappa shape index (κ1) is 15.4. The van der Waals surface area contributed by atoms with Crippen LogP contribution in [0, 0.1) is 13.8 Å². The van der Waals surface area contributed by atoms with E-state index < -0.39 is 0 Å². The highest BCUT2D eigenvalue weighted by Gasteiger charge is 2.20. The number of hydrogen-bond donors (Lipinski definition) is 0. The maximum Gasteiger partial charge on any atom is 0.153 e. The number of rotatable bonds is 6. The van der Waals surface area contributed by atoms with Crippen LogP contribution in [0.1, 0.15) is 41.6 Å². The van der Waals surface area contributed by atoms with E-state index in [1.165, 1.54) is 0 Å². The fraction of sp³-hybridized carbons (Fsp3) is 0.533. The van der Waals surface area contributed by atoms with Crippen LogP contribution < -0.4 is 0 Å². The predicted molar refractivity (Wildman–Crippen MR) is 80.6 cm³/mol. The Hall–Kier alpha value is -1.95. The smallest absolute Gasteiger partial charge is 0.153 e. The second kappa shape index (κ2) is 6.22.